The second-order valence-electron chi connectivity index (χ2n) is 6.08. The zero-order valence-corrected chi connectivity index (χ0v) is 16.8. The second-order valence-corrected chi connectivity index (χ2v) is 6.99. The molecule has 0 saturated heterocycles. The van der Waals surface area contributed by atoms with Crippen LogP contribution in [0.3, 0.4) is 0 Å². The number of anilines is 1. The Morgan fingerprint density at radius 1 is 1.29 bits per heavy atom. The molecule has 2 heterocycles. The summed E-state index contributed by atoms with van der Waals surface area (Å²) in [6.07, 6.45) is 1.49. The summed E-state index contributed by atoms with van der Waals surface area (Å²) in [7, 11) is 0. The van der Waals surface area contributed by atoms with Crippen molar-refractivity contribution in [3.05, 3.63) is 64.3 Å². The van der Waals surface area contributed by atoms with E-state index in [0.29, 0.717) is 29.3 Å². The lowest BCUT2D eigenvalue weighted by Crippen LogP contribution is -2.15. The Balaban J connectivity index is 2.27. The van der Waals surface area contributed by atoms with Gasteiger partial charge in [-0.15, -0.1) is 0 Å². The van der Waals surface area contributed by atoms with Gasteiger partial charge in [0.25, 0.3) is 0 Å². The molecule has 0 aliphatic heterocycles. The number of carboxylic acid groups (broad SMARTS) is 1. The van der Waals surface area contributed by atoms with Crippen molar-refractivity contribution in [1.82, 2.24) is 14.8 Å². The molecule has 0 fully saturated rings. The van der Waals surface area contributed by atoms with Crippen LogP contribution in [0.15, 0.2) is 53.1 Å². The number of carbonyl (C=O) groups is 2. The highest BCUT2D eigenvalue weighted by atomic mass is 79.9. The smallest absolute Gasteiger partial charge is 0.410 e. The van der Waals surface area contributed by atoms with Gasteiger partial charge in [-0.2, -0.15) is 5.10 Å². The minimum atomic E-state index is -1.19. The van der Waals surface area contributed by atoms with Crippen molar-refractivity contribution in [2.45, 2.75) is 25.8 Å². The highest BCUT2D eigenvalue weighted by Gasteiger charge is 2.28. The number of pyridine rings is 1. The number of rotatable bonds is 7. The number of carbonyl (C=O) groups excluding carboxylic acids is 1. The number of hydrogen-bond donors (Lipinski definition) is 2. The summed E-state index contributed by atoms with van der Waals surface area (Å²) < 4.78 is 2.50. The van der Waals surface area contributed by atoms with E-state index in [-0.39, 0.29) is 12.3 Å². The zero-order chi connectivity index (χ0) is 20.1. The fraction of sp³-hybridized carbons (Fsp3) is 0.200. The number of nitrogens with one attached hydrogen (secondary N) is 1. The van der Waals surface area contributed by atoms with Crippen LogP contribution >= 0.6 is 15.9 Å². The first-order valence-corrected chi connectivity index (χ1v) is 9.55. The molecular formula is C20H19BrN4O3. The van der Waals surface area contributed by atoms with Gasteiger partial charge in [0.15, 0.2) is 0 Å². The van der Waals surface area contributed by atoms with E-state index in [1.807, 2.05) is 43.3 Å². The summed E-state index contributed by atoms with van der Waals surface area (Å²) >= 11 is 3.42. The summed E-state index contributed by atoms with van der Waals surface area (Å²) in [5.74, 6) is -0.0184. The van der Waals surface area contributed by atoms with Crippen molar-refractivity contribution in [2.75, 3.05) is 5.32 Å². The van der Waals surface area contributed by atoms with Crippen LogP contribution < -0.4 is 5.32 Å². The van der Waals surface area contributed by atoms with Gasteiger partial charge in [0, 0.05) is 35.1 Å². The van der Waals surface area contributed by atoms with Crippen molar-refractivity contribution < 1.29 is 14.7 Å². The van der Waals surface area contributed by atoms with E-state index in [9.17, 15) is 14.7 Å². The van der Waals surface area contributed by atoms with Gasteiger partial charge in [-0.1, -0.05) is 34.1 Å². The van der Waals surface area contributed by atoms with Crippen LogP contribution in [0.5, 0.6) is 0 Å². The molecule has 8 heteroatoms. The van der Waals surface area contributed by atoms with E-state index in [4.69, 9.17) is 0 Å². The molecule has 0 bridgehead atoms. The fourth-order valence-corrected chi connectivity index (χ4v) is 3.44. The molecular weight excluding hydrogens is 424 g/mol. The summed E-state index contributed by atoms with van der Waals surface area (Å²) in [6, 6.07) is 13.1. The maximum Gasteiger partial charge on any atom is 0.410 e. The molecule has 0 saturated carbocycles. The highest BCUT2D eigenvalue weighted by molar-refractivity contribution is 9.10. The highest BCUT2D eigenvalue weighted by Crippen LogP contribution is 2.39. The van der Waals surface area contributed by atoms with E-state index in [2.05, 4.69) is 31.3 Å². The lowest BCUT2D eigenvalue weighted by Gasteiger charge is -2.18. The van der Waals surface area contributed by atoms with Gasteiger partial charge in [-0.3, -0.25) is 10.3 Å². The zero-order valence-electron chi connectivity index (χ0n) is 15.2. The number of aryl methyl sites for hydroxylation is 1. The van der Waals surface area contributed by atoms with Gasteiger partial charge < -0.3 is 9.90 Å². The molecule has 7 nitrogen and oxygen atoms in total. The van der Waals surface area contributed by atoms with Crippen LogP contribution in [0.1, 0.15) is 30.4 Å². The topological polar surface area (TPSA) is 97.1 Å². The number of halogens is 1. The first kappa shape index (κ1) is 19.8. The van der Waals surface area contributed by atoms with Crippen molar-refractivity contribution in [1.29, 1.82) is 0 Å². The van der Waals surface area contributed by atoms with Crippen LogP contribution in [0, 0.1) is 0 Å². The predicted octanol–water partition coefficient (Wildman–Crippen LogP) is 4.54. The molecule has 0 spiro atoms. The van der Waals surface area contributed by atoms with Gasteiger partial charge in [0.2, 0.25) is 0 Å². The third kappa shape index (κ3) is 4.12. The number of aromatic nitrogens is 3. The van der Waals surface area contributed by atoms with Crippen molar-refractivity contribution in [2.24, 2.45) is 0 Å². The first-order valence-electron chi connectivity index (χ1n) is 8.76. The number of nitrogens with zero attached hydrogens (tertiary/aromatic N) is 3. The third-order valence-corrected chi connectivity index (χ3v) is 4.90. The van der Waals surface area contributed by atoms with Crippen molar-refractivity contribution >= 4 is 34.1 Å². The second kappa shape index (κ2) is 8.79. The molecule has 2 aromatic heterocycles. The predicted molar refractivity (Wildman–Crippen MR) is 109 cm³/mol. The Hall–Kier alpha value is -3.00. The summed E-state index contributed by atoms with van der Waals surface area (Å²) in [5.41, 5.74) is 2.70. The van der Waals surface area contributed by atoms with Crippen LogP contribution in [-0.4, -0.2) is 32.3 Å². The van der Waals surface area contributed by atoms with Gasteiger partial charge in [0.1, 0.15) is 17.8 Å². The summed E-state index contributed by atoms with van der Waals surface area (Å²) in [4.78, 5) is 27.3. The maximum absolute atomic E-state index is 11.5. The van der Waals surface area contributed by atoms with Crippen LogP contribution in [-0.2, 0) is 11.3 Å². The van der Waals surface area contributed by atoms with E-state index in [1.165, 1.54) is 0 Å². The molecule has 1 atom stereocenters. The lowest BCUT2D eigenvalue weighted by atomic mass is 9.87. The lowest BCUT2D eigenvalue weighted by molar-refractivity contribution is -0.108. The quantitative estimate of drug-likeness (QED) is 0.523. The van der Waals surface area contributed by atoms with Gasteiger partial charge >= 0.3 is 6.09 Å². The molecule has 3 aromatic rings. The molecule has 0 radical (unpaired) electrons. The number of hydrogen-bond acceptors (Lipinski definition) is 4. The average Bonchev–Trinajstić information content (AvgIpc) is 3.05. The van der Waals surface area contributed by atoms with E-state index < -0.39 is 6.09 Å². The maximum atomic E-state index is 11.5. The monoisotopic (exact) mass is 442 g/mol. The van der Waals surface area contributed by atoms with Gasteiger partial charge in [-0.05, 0) is 36.8 Å². The Morgan fingerprint density at radius 2 is 2.04 bits per heavy atom. The van der Waals surface area contributed by atoms with E-state index in [1.54, 1.807) is 16.9 Å². The van der Waals surface area contributed by atoms with Crippen LogP contribution in [0.4, 0.5) is 10.6 Å². The van der Waals surface area contributed by atoms with Gasteiger partial charge in [0.05, 0.1) is 5.69 Å². The number of benzene rings is 1. The van der Waals surface area contributed by atoms with Crippen LogP contribution in [0.25, 0.3) is 11.4 Å². The minimum Gasteiger partial charge on any atom is -0.465 e. The Bertz CT molecular complexity index is 971. The molecule has 3 rings (SSSR count). The minimum absolute atomic E-state index is 0.186. The number of amides is 1. The molecule has 144 valence electrons. The Kier molecular flexibility index (Phi) is 6.20. The van der Waals surface area contributed by atoms with E-state index in [0.717, 1.165) is 16.3 Å². The molecule has 1 amide bonds. The molecule has 0 aliphatic carbocycles. The SMILES string of the molecule is CCn1nc(-c2ccccn2)c(C(CC=O)c2ccc(Br)cc2)c1NC(=O)O. The van der Waals surface area contributed by atoms with Crippen molar-refractivity contribution in [3.8, 4) is 11.4 Å². The average molecular weight is 443 g/mol. The molecule has 1 unspecified atom stereocenters. The van der Waals surface area contributed by atoms with Crippen LogP contribution in [0.2, 0.25) is 0 Å². The third-order valence-electron chi connectivity index (χ3n) is 4.37. The molecule has 28 heavy (non-hydrogen) atoms. The van der Waals surface area contributed by atoms with E-state index >= 15 is 0 Å². The Morgan fingerprint density at radius 3 is 2.61 bits per heavy atom. The number of aldehydes is 1. The largest absolute Gasteiger partial charge is 0.465 e. The normalized spacial score (nSPS) is 11.8. The summed E-state index contributed by atoms with van der Waals surface area (Å²) in [6.45, 7) is 2.34. The summed E-state index contributed by atoms with van der Waals surface area (Å²) in [5, 5.41) is 16.4. The van der Waals surface area contributed by atoms with Gasteiger partial charge in [-0.25, -0.2) is 9.48 Å². The fourth-order valence-electron chi connectivity index (χ4n) is 3.17. The Labute approximate surface area is 170 Å². The molecule has 1 aromatic carbocycles. The first-order chi connectivity index (χ1) is 13.5. The molecule has 2 N–H and O–H groups in total. The standard InChI is InChI=1S/C20H19BrN4O3/c1-2-25-19(23-20(27)28)17(18(24-25)16-5-3-4-11-22-16)15(10-12-26)13-6-8-14(21)9-7-13/h3-9,11-12,15,23H,2,10H2,1H3,(H,27,28). The van der Waals surface area contributed by atoms with Crippen molar-refractivity contribution in [3.63, 3.8) is 0 Å². The molecule has 0 aliphatic rings.